The van der Waals surface area contributed by atoms with Crippen molar-refractivity contribution in [3.8, 4) is 0 Å². The third kappa shape index (κ3) is 4.77. The van der Waals surface area contributed by atoms with E-state index in [1.165, 1.54) is 12.1 Å². The number of anilines is 1. The number of Topliss-reactive ketones (excluding diaryl/α,β-unsaturated/α-hetero) is 1. The van der Waals surface area contributed by atoms with Crippen LogP contribution in [-0.4, -0.2) is 41.7 Å². The van der Waals surface area contributed by atoms with E-state index in [0.717, 1.165) is 4.68 Å². The van der Waals surface area contributed by atoms with Gasteiger partial charge in [0.15, 0.2) is 12.3 Å². The Labute approximate surface area is 157 Å². The first kappa shape index (κ1) is 20.7. The second kappa shape index (κ2) is 8.40. The second-order valence-electron chi connectivity index (χ2n) is 5.41. The Balaban J connectivity index is 2.23. The maximum absolute atomic E-state index is 13.2. The molecule has 0 radical (unpaired) electrons. The van der Waals surface area contributed by atoms with Gasteiger partial charge in [0.1, 0.15) is 11.4 Å². The molecule has 1 heterocycles. The Morgan fingerprint density at radius 2 is 2.00 bits per heavy atom. The maximum atomic E-state index is 13.2. The van der Waals surface area contributed by atoms with E-state index >= 15 is 0 Å². The zero-order valence-electron chi connectivity index (χ0n) is 14.1. The topological polar surface area (TPSA) is 99.2 Å². The predicted octanol–water partition coefficient (Wildman–Crippen LogP) is 2.40. The van der Waals surface area contributed by atoms with Crippen LogP contribution in [0.3, 0.4) is 0 Å². The van der Waals surface area contributed by atoms with Crippen LogP contribution >= 0.6 is 11.6 Å². The normalized spacial score (nSPS) is 11.4. The number of hydrogen-bond donors (Lipinski definition) is 2. The quantitative estimate of drug-likeness (QED) is 0.543. The monoisotopic (exact) mass is 404 g/mol. The highest BCUT2D eigenvalue weighted by molar-refractivity contribution is 6.34. The number of ether oxygens (including phenoxy) is 1. The molecule has 0 atom stereocenters. The van der Waals surface area contributed by atoms with Gasteiger partial charge in [-0.25, -0.2) is 9.48 Å². The molecule has 3 N–H and O–H groups in total. The molecule has 146 valence electrons. The molecule has 0 aliphatic heterocycles. The molecule has 0 fully saturated rings. The van der Waals surface area contributed by atoms with Gasteiger partial charge in [-0.3, -0.25) is 4.79 Å². The van der Waals surface area contributed by atoms with Gasteiger partial charge in [0.05, 0.1) is 11.6 Å². The number of hydrogen-bond acceptors (Lipinski definition) is 6. The number of carbonyl (C=O) groups excluding carboxylic acids is 2. The molecule has 7 nitrogen and oxygen atoms in total. The lowest BCUT2D eigenvalue weighted by Gasteiger charge is -2.08. The summed E-state index contributed by atoms with van der Waals surface area (Å²) in [5.74, 6) is -2.55. The van der Waals surface area contributed by atoms with Gasteiger partial charge in [-0.05, 0) is 19.2 Å². The van der Waals surface area contributed by atoms with Crippen molar-refractivity contribution in [2.75, 3.05) is 25.9 Å². The van der Waals surface area contributed by atoms with Crippen LogP contribution in [0.15, 0.2) is 24.3 Å². The van der Waals surface area contributed by atoms with Crippen molar-refractivity contribution in [2.24, 2.45) is 0 Å². The molecule has 1 aromatic carbocycles. The Bertz CT molecular complexity index is 852. The molecule has 0 aliphatic rings. The summed E-state index contributed by atoms with van der Waals surface area (Å²) >= 11 is 5.86. The number of nitrogens with one attached hydrogen (secondary N) is 1. The van der Waals surface area contributed by atoms with Crippen molar-refractivity contribution < 1.29 is 27.5 Å². The summed E-state index contributed by atoms with van der Waals surface area (Å²) in [5.41, 5.74) is 3.34. The van der Waals surface area contributed by atoms with Gasteiger partial charge >= 0.3 is 12.1 Å². The number of nitrogens with two attached hydrogens (primary N) is 1. The summed E-state index contributed by atoms with van der Waals surface area (Å²) in [7, 11) is 1.60. The zero-order chi connectivity index (χ0) is 20.2. The highest BCUT2D eigenvalue weighted by Crippen LogP contribution is 2.34. The van der Waals surface area contributed by atoms with Gasteiger partial charge in [-0.2, -0.15) is 18.3 Å². The van der Waals surface area contributed by atoms with E-state index in [9.17, 15) is 22.8 Å². The van der Waals surface area contributed by atoms with Crippen molar-refractivity contribution in [3.05, 3.63) is 46.1 Å². The van der Waals surface area contributed by atoms with Gasteiger partial charge in [0, 0.05) is 12.1 Å². The highest BCUT2D eigenvalue weighted by Gasteiger charge is 2.42. The number of ketones is 1. The maximum Gasteiger partial charge on any atom is 0.436 e. The summed E-state index contributed by atoms with van der Waals surface area (Å²) < 4.78 is 45.2. The lowest BCUT2D eigenvalue weighted by Crippen LogP contribution is -2.19. The minimum absolute atomic E-state index is 0.0112. The Morgan fingerprint density at radius 3 is 2.59 bits per heavy atom. The SMILES string of the molecule is CNCCn1nc(C(F)(F)F)c(C(=O)OCC(=O)c2ccccc2Cl)c1N. The van der Waals surface area contributed by atoms with Crippen LogP contribution < -0.4 is 11.1 Å². The van der Waals surface area contributed by atoms with Crippen LogP contribution in [0.2, 0.25) is 5.02 Å². The Kier molecular flexibility index (Phi) is 6.45. The number of carbonyl (C=O) groups is 2. The van der Waals surface area contributed by atoms with E-state index in [0.29, 0.717) is 0 Å². The fourth-order valence-electron chi connectivity index (χ4n) is 2.23. The molecule has 27 heavy (non-hydrogen) atoms. The highest BCUT2D eigenvalue weighted by atomic mass is 35.5. The molecule has 2 aromatic rings. The summed E-state index contributed by atoms with van der Waals surface area (Å²) in [6, 6.07) is 6.01. The van der Waals surface area contributed by atoms with Crippen LogP contribution in [-0.2, 0) is 17.5 Å². The van der Waals surface area contributed by atoms with Crippen molar-refractivity contribution in [1.82, 2.24) is 15.1 Å². The van der Waals surface area contributed by atoms with Crippen LogP contribution in [0, 0.1) is 0 Å². The fourth-order valence-corrected chi connectivity index (χ4v) is 2.47. The van der Waals surface area contributed by atoms with Gasteiger partial charge in [-0.15, -0.1) is 0 Å². The number of halogens is 4. The third-order valence-electron chi connectivity index (χ3n) is 3.55. The summed E-state index contributed by atoms with van der Waals surface area (Å²) in [6.07, 6.45) is -4.92. The van der Waals surface area contributed by atoms with Gasteiger partial charge < -0.3 is 15.8 Å². The number of rotatable bonds is 7. The number of aromatic nitrogens is 2. The van der Waals surface area contributed by atoms with Crippen LogP contribution in [0.1, 0.15) is 26.4 Å². The van der Waals surface area contributed by atoms with E-state index in [4.69, 9.17) is 22.1 Å². The van der Waals surface area contributed by atoms with Gasteiger partial charge in [0.2, 0.25) is 5.78 Å². The smallest absolute Gasteiger partial charge is 0.436 e. The average Bonchev–Trinajstić information content (AvgIpc) is 2.95. The van der Waals surface area contributed by atoms with Crippen molar-refractivity contribution in [1.29, 1.82) is 0 Å². The lowest BCUT2D eigenvalue weighted by atomic mass is 10.1. The largest absolute Gasteiger partial charge is 0.454 e. The summed E-state index contributed by atoms with van der Waals surface area (Å²) in [4.78, 5) is 24.3. The first-order valence-electron chi connectivity index (χ1n) is 7.69. The average molecular weight is 405 g/mol. The van der Waals surface area contributed by atoms with E-state index < -0.39 is 41.6 Å². The van der Waals surface area contributed by atoms with Crippen molar-refractivity contribution in [2.45, 2.75) is 12.7 Å². The fraction of sp³-hybridized carbons (Fsp3) is 0.312. The van der Waals surface area contributed by atoms with Gasteiger partial charge in [0.25, 0.3) is 0 Å². The van der Waals surface area contributed by atoms with Crippen molar-refractivity contribution >= 4 is 29.2 Å². The molecule has 0 amide bonds. The molecule has 0 saturated heterocycles. The van der Waals surface area contributed by atoms with Crippen LogP contribution in [0.25, 0.3) is 0 Å². The lowest BCUT2D eigenvalue weighted by molar-refractivity contribution is -0.142. The molecular weight excluding hydrogens is 389 g/mol. The minimum Gasteiger partial charge on any atom is -0.454 e. The van der Waals surface area contributed by atoms with Crippen LogP contribution in [0.4, 0.5) is 19.0 Å². The summed E-state index contributed by atoms with van der Waals surface area (Å²) in [5, 5.41) is 6.22. The van der Waals surface area contributed by atoms with E-state index in [2.05, 4.69) is 10.4 Å². The molecule has 1 aromatic heterocycles. The van der Waals surface area contributed by atoms with Gasteiger partial charge in [-0.1, -0.05) is 23.7 Å². The molecule has 0 bridgehead atoms. The second-order valence-corrected chi connectivity index (χ2v) is 5.82. The molecule has 0 aliphatic carbocycles. The predicted molar refractivity (Wildman–Crippen MR) is 91.6 cm³/mol. The third-order valence-corrected chi connectivity index (χ3v) is 3.88. The molecule has 2 rings (SSSR count). The van der Waals surface area contributed by atoms with Crippen LogP contribution in [0.5, 0.6) is 0 Å². The van der Waals surface area contributed by atoms with E-state index in [1.54, 1.807) is 19.2 Å². The first-order chi connectivity index (χ1) is 12.7. The first-order valence-corrected chi connectivity index (χ1v) is 8.07. The zero-order valence-corrected chi connectivity index (χ0v) is 14.9. The minimum atomic E-state index is -4.92. The number of esters is 1. The number of benzene rings is 1. The summed E-state index contributed by atoms with van der Waals surface area (Å²) in [6.45, 7) is -0.499. The Hall–Kier alpha value is -2.59. The van der Waals surface area contributed by atoms with E-state index in [-0.39, 0.29) is 23.7 Å². The number of nitrogen functional groups attached to an aromatic ring is 1. The number of alkyl halides is 3. The Morgan fingerprint density at radius 1 is 1.33 bits per heavy atom. The number of nitrogens with zero attached hydrogens (tertiary/aromatic N) is 2. The standard InChI is InChI=1S/C16H16ClF3N4O3/c1-22-6-7-24-14(21)12(13(23-24)16(18,19)20)15(26)27-8-11(25)9-4-2-3-5-10(9)17/h2-5,22H,6-8,21H2,1H3. The molecule has 0 spiro atoms. The van der Waals surface area contributed by atoms with Crippen molar-refractivity contribution in [3.63, 3.8) is 0 Å². The molecule has 0 saturated carbocycles. The molecule has 11 heteroatoms. The molecule has 0 unspecified atom stereocenters. The number of likely N-dealkylation sites (N-methyl/N-ethyl adjacent to an activating group) is 1. The molecular formula is C16H16ClF3N4O3. The van der Waals surface area contributed by atoms with E-state index in [1.807, 2.05) is 0 Å².